The first kappa shape index (κ1) is 20.1. The normalized spacial score (nSPS) is 15.5. The van der Waals surface area contributed by atoms with Crippen LogP contribution in [0.25, 0.3) is 11.2 Å². The monoisotopic (exact) mass is 410 g/mol. The topological polar surface area (TPSA) is 88.1 Å². The van der Waals surface area contributed by atoms with Crippen LogP contribution in [-0.2, 0) is 35.6 Å². The van der Waals surface area contributed by atoms with Crippen molar-refractivity contribution in [2.75, 3.05) is 6.61 Å². The number of hydrogen-bond acceptors (Lipinski definition) is 5. The zero-order valence-corrected chi connectivity index (χ0v) is 17.3. The lowest BCUT2D eigenvalue weighted by molar-refractivity contribution is -0.150. The minimum Gasteiger partial charge on any atom is -0.465 e. The van der Waals surface area contributed by atoms with E-state index in [0.717, 1.165) is 31.2 Å². The van der Waals surface area contributed by atoms with Crippen LogP contribution in [0, 0.1) is 0 Å². The molecule has 0 aliphatic heterocycles. The number of rotatable bonds is 6. The van der Waals surface area contributed by atoms with Gasteiger partial charge in [0.1, 0.15) is 0 Å². The lowest BCUT2D eigenvalue weighted by Crippen LogP contribution is -2.40. The van der Waals surface area contributed by atoms with Gasteiger partial charge in [-0.3, -0.25) is 18.7 Å². The molecule has 1 fully saturated rings. The van der Waals surface area contributed by atoms with Crippen molar-refractivity contribution in [3.8, 4) is 0 Å². The summed E-state index contributed by atoms with van der Waals surface area (Å²) in [5.74, 6) is -0.214. The fraction of sp³-hybridized carbons (Fsp3) is 0.455. The molecule has 1 aromatic carbocycles. The average molecular weight is 410 g/mol. The quantitative estimate of drug-likeness (QED) is 0.457. The van der Waals surface area contributed by atoms with E-state index in [1.54, 1.807) is 18.7 Å². The predicted molar refractivity (Wildman–Crippen MR) is 112 cm³/mol. The van der Waals surface area contributed by atoms with Crippen molar-refractivity contribution in [1.29, 1.82) is 0 Å². The van der Waals surface area contributed by atoms with Gasteiger partial charge in [0.25, 0.3) is 5.56 Å². The molecule has 1 saturated carbocycles. The van der Waals surface area contributed by atoms with Crippen LogP contribution >= 0.6 is 0 Å². The predicted octanol–water partition coefficient (Wildman–Crippen LogP) is 1.88. The second kappa shape index (κ2) is 7.93. The van der Waals surface area contributed by atoms with Gasteiger partial charge in [0.2, 0.25) is 0 Å². The summed E-state index contributed by atoms with van der Waals surface area (Å²) in [7, 11) is 3.31. The maximum Gasteiger partial charge on any atom is 0.332 e. The number of esters is 1. The van der Waals surface area contributed by atoms with Crippen LogP contribution in [0.4, 0.5) is 0 Å². The van der Waals surface area contributed by atoms with Gasteiger partial charge in [-0.2, -0.15) is 0 Å². The molecule has 8 heteroatoms. The second-order valence-corrected chi connectivity index (χ2v) is 7.97. The molecule has 0 amide bonds. The third-order valence-electron chi connectivity index (χ3n) is 6.13. The smallest absolute Gasteiger partial charge is 0.332 e. The molecule has 0 unspecified atom stereocenters. The summed E-state index contributed by atoms with van der Waals surface area (Å²) >= 11 is 0. The summed E-state index contributed by atoms with van der Waals surface area (Å²) < 4.78 is 9.79. The van der Waals surface area contributed by atoms with Crippen LogP contribution in [0.3, 0.4) is 0 Å². The van der Waals surface area contributed by atoms with E-state index in [1.807, 2.05) is 30.3 Å². The summed E-state index contributed by atoms with van der Waals surface area (Å²) in [5, 5.41) is 0. The maximum atomic E-state index is 13.0. The number of benzene rings is 1. The Kier molecular flexibility index (Phi) is 5.32. The molecule has 8 nitrogen and oxygen atoms in total. The Labute approximate surface area is 173 Å². The van der Waals surface area contributed by atoms with Gasteiger partial charge in [0.05, 0.1) is 18.3 Å². The van der Waals surface area contributed by atoms with Crippen LogP contribution in [-0.4, -0.2) is 31.3 Å². The molecule has 0 atom stereocenters. The molecule has 1 aliphatic carbocycles. The van der Waals surface area contributed by atoms with Crippen LogP contribution < -0.4 is 11.2 Å². The van der Waals surface area contributed by atoms with Crippen LogP contribution in [0.2, 0.25) is 0 Å². The third kappa shape index (κ3) is 3.26. The number of hydrogen-bond donors (Lipinski definition) is 0. The average Bonchev–Trinajstić information content (AvgIpc) is 3.40. The number of carbonyl (C=O) groups is 1. The Morgan fingerprint density at radius 1 is 1.13 bits per heavy atom. The highest BCUT2D eigenvalue weighted by Gasteiger charge is 2.43. The first-order chi connectivity index (χ1) is 14.5. The Morgan fingerprint density at radius 2 is 1.83 bits per heavy atom. The first-order valence-corrected chi connectivity index (χ1v) is 10.3. The molecule has 0 spiro atoms. The van der Waals surface area contributed by atoms with Crippen LogP contribution in [0.5, 0.6) is 0 Å². The summed E-state index contributed by atoms with van der Waals surface area (Å²) in [4.78, 5) is 42.4. The van der Waals surface area contributed by atoms with E-state index in [2.05, 4.69) is 4.98 Å². The largest absolute Gasteiger partial charge is 0.465 e. The number of aryl methyl sites for hydroxylation is 2. The van der Waals surface area contributed by atoms with Crippen LogP contribution in [0.1, 0.15) is 37.7 Å². The van der Waals surface area contributed by atoms with Gasteiger partial charge < -0.3 is 9.30 Å². The van der Waals surface area contributed by atoms with Crippen LogP contribution in [0.15, 0.2) is 46.2 Å². The molecule has 30 heavy (non-hydrogen) atoms. The van der Waals surface area contributed by atoms with Gasteiger partial charge >= 0.3 is 11.7 Å². The molecule has 158 valence electrons. The number of aromatic nitrogens is 4. The fourth-order valence-corrected chi connectivity index (χ4v) is 4.47. The fourth-order valence-electron chi connectivity index (χ4n) is 4.47. The molecule has 2 heterocycles. The summed E-state index contributed by atoms with van der Waals surface area (Å²) in [6.07, 6.45) is 5.47. The van der Waals surface area contributed by atoms with E-state index in [9.17, 15) is 14.4 Å². The molecular weight excluding hydrogens is 384 g/mol. The minimum absolute atomic E-state index is 0.159. The van der Waals surface area contributed by atoms with E-state index in [-0.39, 0.29) is 24.7 Å². The SMILES string of the molecule is Cn1cnc2c1c(=O)n(CCCOC(=O)C1(c3ccccc3)CCCC1)c(=O)n2C. The molecule has 4 rings (SSSR count). The van der Waals surface area contributed by atoms with Crippen molar-refractivity contribution in [3.05, 3.63) is 63.1 Å². The third-order valence-corrected chi connectivity index (χ3v) is 6.13. The molecule has 0 bridgehead atoms. The summed E-state index contributed by atoms with van der Waals surface area (Å²) in [5.41, 5.74) is 0.357. The number of imidazole rings is 1. The zero-order valence-electron chi connectivity index (χ0n) is 17.3. The zero-order chi connectivity index (χ0) is 21.3. The number of carbonyl (C=O) groups excluding carboxylic acids is 1. The highest BCUT2D eigenvalue weighted by molar-refractivity contribution is 5.83. The highest BCUT2D eigenvalue weighted by atomic mass is 16.5. The minimum atomic E-state index is -0.581. The standard InChI is InChI=1S/C22H26N4O4/c1-24-15-23-18-17(24)19(27)26(21(29)25(18)2)13-8-14-30-20(28)22(11-6-7-12-22)16-9-4-3-5-10-16/h3-5,9-10,15H,6-8,11-14H2,1-2H3. The molecule has 0 saturated heterocycles. The van der Waals surface area contributed by atoms with E-state index in [4.69, 9.17) is 4.74 Å². The van der Waals surface area contributed by atoms with E-state index in [0.29, 0.717) is 17.6 Å². The van der Waals surface area contributed by atoms with Gasteiger partial charge in [0.15, 0.2) is 11.2 Å². The van der Waals surface area contributed by atoms with Crippen molar-refractivity contribution in [1.82, 2.24) is 18.7 Å². The van der Waals surface area contributed by atoms with Crippen molar-refractivity contribution >= 4 is 17.1 Å². The summed E-state index contributed by atoms with van der Waals surface area (Å²) in [6.45, 7) is 0.338. The van der Waals surface area contributed by atoms with E-state index in [1.165, 1.54) is 15.5 Å². The number of fused-ring (bicyclic) bond motifs is 1. The molecule has 0 radical (unpaired) electrons. The molecule has 1 aliphatic rings. The van der Waals surface area contributed by atoms with E-state index >= 15 is 0 Å². The van der Waals surface area contributed by atoms with Gasteiger partial charge in [-0.05, 0) is 24.8 Å². The lowest BCUT2D eigenvalue weighted by Gasteiger charge is -2.27. The Bertz CT molecular complexity index is 1180. The Balaban J connectivity index is 1.47. The van der Waals surface area contributed by atoms with Crippen molar-refractivity contribution in [2.45, 2.75) is 44.1 Å². The van der Waals surface area contributed by atoms with Gasteiger partial charge in [-0.15, -0.1) is 0 Å². The van der Waals surface area contributed by atoms with Crippen molar-refractivity contribution < 1.29 is 9.53 Å². The first-order valence-electron chi connectivity index (χ1n) is 10.3. The molecule has 2 aromatic heterocycles. The van der Waals surface area contributed by atoms with Crippen molar-refractivity contribution in [2.24, 2.45) is 14.1 Å². The van der Waals surface area contributed by atoms with Gasteiger partial charge in [-0.1, -0.05) is 43.2 Å². The Hall–Kier alpha value is -3.16. The molecule has 0 N–H and O–H groups in total. The van der Waals surface area contributed by atoms with Crippen molar-refractivity contribution in [3.63, 3.8) is 0 Å². The molecular formula is C22H26N4O4. The molecule has 3 aromatic rings. The second-order valence-electron chi connectivity index (χ2n) is 7.97. The lowest BCUT2D eigenvalue weighted by atomic mass is 9.79. The van der Waals surface area contributed by atoms with E-state index < -0.39 is 11.1 Å². The van der Waals surface area contributed by atoms with Gasteiger partial charge in [-0.25, -0.2) is 9.78 Å². The Morgan fingerprint density at radius 3 is 2.53 bits per heavy atom. The number of nitrogens with zero attached hydrogens (tertiary/aromatic N) is 4. The highest BCUT2D eigenvalue weighted by Crippen LogP contribution is 2.42. The maximum absolute atomic E-state index is 13.0. The van der Waals surface area contributed by atoms with Gasteiger partial charge in [0, 0.05) is 20.6 Å². The summed E-state index contributed by atoms with van der Waals surface area (Å²) in [6, 6.07) is 9.80. The number of ether oxygens (including phenoxy) is 1.